The van der Waals surface area contributed by atoms with Gasteiger partial charge in [-0.15, -0.1) is 0 Å². The highest BCUT2D eigenvalue weighted by molar-refractivity contribution is 9.10. The average molecular weight is 406 g/mol. The second-order valence-corrected chi connectivity index (χ2v) is 6.55. The van der Waals surface area contributed by atoms with Gasteiger partial charge >= 0.3 is 0 Å². The number of amides is 1. The fraction of sp³-hybridized carbons (Fsp3) is 0.118. The van der Waals surface area contributed by atoms with Crippen molar-refractivity contribution in [1.82, 2.24) is 14.8 Å². The highest BCUT2D eigenvalue weighted by Gasteiger charge is 2.12. The molecule has 122 valence electrons. The van der Waals surface area contributed by atoms with Crippen LogP contribution in [0.25, 0.3) is 5.69 Å². The molecule has 2 aromatic heterocycles. The number of halogens is 2. The summed E-state index contributed by atoms with van der Waals surface area (Å²) in [6.07, 6.45) is 1.63. The van der Waals surface area contributed by atoms with Crippen molar-refractivity contribution in [2.45, 2.75) is 13.8 Å². The second-order valence-electron chi connectivity index (χ2n) is 5.26. The zero-order valence-electron chi connectivity index (χ0n) is 13.0. The van der Waals surface area contributed by atoms with E-state index in [4.69, 9.17) is 11.6 Å². The minimum atomic E-state index is -0.220. The largest absolute Gasteiger partial charge is 0.307 e. The number of nitrogens with zero attached hydrogens (tertiary/aromatic N) is 3. The molecule has 3 aromatic rings. The summed E-state index contributed by atoms with van der Waals surface area (Å²) >= 11 is 9.48. The maximum atomic E-state index is 12.3. The predicted octanol–water partition coefficient (Wildman–Crippen LogP) is 4.55. The molecule has 0 spiro atoms. The Labute approximate surface area is 152 Å². The van der Waals surface area contributed by atoms with Gasteiger partial charge in [0.25, 0.3) is 5.91 Å². The number of hydrogen-bond acceptors (Lipinski definition) is 3. The van der Waals surface area contributed by atoms with Crippen molar-refractivity contribution < 1.29 is 4.79 Å². The summed E-state index contributed by atoms with van der Waals surface area (Å²) in [5, 5.41) is 7.81. The Balaban J connectivity index is 1.80. The maximum absolute atomic E-state index is 12.3. The van der Waals surface area contributed by atoms with Gasteiger partial charge in [-0.05, 0) is 66.2 Å². The van der Waals surface area contributed by atoms with Crippen molar-refractivity contribution in [1.29, 1.82) is 0 Å². The quantitative estimate of drug-likeness (QED) is 0.695. The molecule has 3 rings (SSSR count). The highest BCUT2D eigenvalue weighted by Crippen LogP contribution is 2.22. The first-order valence-electron chi connectivity index (χ1n) is 7.21. The summed E-state index contributed by atoms with van der Waals surface area (Å²) in [5.41, 5.74) is 3.03. The molecule has 1 aromatic carbocycles. The fourth-order valence-corrected chi connectivity index (χ4v) is 2.62. The molecule has 0 saturated carbocycles. The van der Waals surface area contributed by atoms with Gasteiger partial charge in [-0.25, -0.2) is 9.67 Å². The molecule has 0 atom stereocenters. The fourth-order valence-electron chi connectivity index (χ4n) is 2.27. The summed E-state index contributed by atoms with van der Waals surface area (Å²) in [6, 6.07) is 10.7. The van der Waals surface area contributed by atoms with Crippen LogP contribution in [0.3, 0.4) is 0 Å². The van der Waals surface area contributed by atoms with Crippen LogP contribution >= 0.6 is 27.5 Å². The van der Waals surface area contributed by atoms with Crippen molar-refractivity contribution in [3.05, 3.63) is 69.0 Å². The second kappa shape index (κ2) is 6.75. The van der Waals surface area contributed by atoms with Crippen LogP contribution in [-0.4, -0.2) is 20.7 Å². The van der Waals surface area contributed by atoms with Gasteiger partial charge in [0.05, 0.1) is 22.1 Å². The maximum Gasteiger partial charge on any atom is 0.256 e. The Bertz CT molecular complexity index is 888. The Morgan fingerprint density at radius 2 is 1.88 bits per heavy atom. The normalized spacial score (nSPS) is 10.7. The number of benzene rings is 1. The van der Waals surface area contributed by atoms with Gasteiger partial charge in [-0.1, -0.05) is 11.6 Å². The number of pyridine rings is 1. The van der Waals surface area contributed by atoms with Crippen molar-refractivity contribution in [3.63, 3.8) is 0 Å². The van der Waals surface area contributed by atoms with E-state index in [2.05, 4.69) is 31.3 Å². The van der Waals surface area contributed by atoms with Gasteiger partial charge in [-0.3, -0.25) is 4.79 Å². The summed E-state index contributed by atoms with van der Waals surface area (Å²) in [5.74, 6) is 0.278. The lowest BCUT2D eigenvalue weighted by Gasteiger charge is -2.07. The minimum absolute atomic E-state index is 0.220. The van der Waals surface area contributed by atoms with Crippen LogP contribution in [0.4, 0.5) is 5.82 Å². The van der Waals surface area contributed by atoms with Crippen LogP contribution in [-0.2, 0) is 0 Å². The van der Waals surface area contributed by atoms with Crippen molar-refractivity contribution in [2.24, 2.45) is 0 Å². The number of aromatic nitrogens is 3. The van der Waals surface area contributed by atoms with E-state index >= 15 is 0 Å². The van der Waals surface area contributed by atoms with Gasteiger partial charge in [-0.2, -0.15) is 5.10 Å². The number of nitrogens with one attached hydrogen (secondary N) is 1. The highest BCUT2D eigenvalue weighted by atomic mass is 79.9. The summed E-state index contributed by atoms with van der Waals surface area (Å²) < 4.78 is 2.61. The lowest BCUT2D eigenvalue weighted by molar-refractivity contribution is 0.102. The van der Waals surface area contributed by atoms with E-state index < -0.39 is 0 Å². The van der Waals surface area contributed by atoms with Crippen molar-refractivity contribution in [2.75, 3.05) is 5.32 Å². The summed E-state index contributed by atoms with van der Waals surface area (Å²) in [7, 11) is 0. The standard InChI is InChI=1S/C17H14BrClN4O/c1-10-16(19)11(2)23(22-10)14-6-3-12(4-7-14)17(24)21-15-8-5-13(18)9-20-15/h3-9H,1-2H3,(H,20,21,24). The zero-order valence-corrected chi connectivity index (χ0v) is 15.4. The number of anilines is 1. The number of carbonyl (C=O) groups is 1. The molecule has 24 heavy (non-hydrogen) atoms. The molecule has 0 aliphatic heterocycles. The number of aryl methyl sites for hydroxylation is 1. The molecule has 1 N–H and O–H groups in total. The molecular formula is C17H14BrClN4O. The van der Waals surface area contributed by atoms with E-state index in [1.54, 1.807) is 29.1 Å². The van der Waals surface area contributed by atoms with Crippen LogP contribution in [0.5, 0.6) is 0 Å². The molecule has 5 nitrogen and oxygen atoms in total. The first-order chi connectivity index (χ1) is 11.5. The van der Waals surface area contributed by atoms with E-state index in [-0.39, 0.29) is 5.91 Å². The molecule has 0 unspecified atom stereocenters. The van der Waals surface area contributed by atoms with E-state index in [9.17, 15) is 4.79 Å². The molecule has 0 aliphatic rings. The third-order valence-electron chi connectivity index (χ3n) is 3.55. The van der Waals surface area contributed by atoms with Gasteiger partial charge in [0, 0.05) is 16.2 Å². The number of carbonyl (C=O) groups excluding carboxylic acids is 1. The van der Waals surface area contributed by atoms with Crippen LogP contribution in [0.2, 0.25) is 5.02 Å². The average Bonchev–Trinajstić information content (AvgIpc) is 2.84. The predicted molar refractivity (Wildman–Crippen MR) is 97.9 cm³/mol. The lowest BCUT2D eigenvalue weighted by Crippen LogP contribution is -2.13. The zero-order chi connectivity index (χ0) is 17.3. The monoisotopic (exact) mass is 404 g/mol. The smallest absolute Gasteiger partial charge is 0.256 e. The topological polar surface area (TPSA) is 59.8 Å². The van der Waals surface area contributed by atoms with E-state index in [0.717, 1.165) is 21.5 Å². The van der Waals surface area contributed by atoms with E-state index in [1.165, 1.54) is 0 Å². The molecule has 0 radical (unpaired) electrons. The summed E-state index contributed by atoms with van der Waals surface area (Å²) in [6.45, 7) is 3.76. The lowest BCUT2D eigenvalue weighted by atomic mass is 10.2. The van der Waals surface area contributed by atoms with Gasteiger partial charge in [0.15, 0.2) is 0 Å². The number of hydrogen-bond donors (Lipinski definition) is 1. The molecule has 0 saturated heterocycles. The third-order valence-corrected chi connectivity index (χ3v) is 4.56. The third kappa shape index (κ3) is 3.34. The molecule has 0 bridgehead atoms. The first-order valence-corrected chi connectivity index (χ1v) is 8.38. The van der Waals surface area contributed by atoms with Crippen LogP contribution < -0.4 is 5.32 Å². The van der Waals surface area contributed by atoms with Gasteiger partial charge < -0.3 is 5.32 Å². The molecule has 2 heterocycles. The number of rotatable bonds is 3. The Morgan fingerprint density at radius 1 is 1.17 bits per heavy atom. The van der Waals surface area contributed by atoms with Crippen molar-refractivity contribution in [3.8, 4) is 5.69 Å². The summed E-state index contributed by atoms with van der Waals surface area (Å²) in [4.78, 5) is 16.4. The minimum Gasteiger partial charge on any atom is -0.307 e. The van der Waals surface area contributed by atoms with Crippen molar-refractivity contribution >= 4 is 39.3 Å². The SMILES string of the molecule is Cc1nn(-c2ccc(C(=O)Nc3ccc(Br)cn3)cc2)c(C)c1Cl. The van der Waals surface area contributed by atoms with Crippen LogP contribution in [0, 0.1) is 13.8 Å². The Hall–Kier alpha value is -2.18. The van der Waals surface area contributed by atoms with E-state index in [1.807, 2.05) is 32.0 Å². The first kappa shape index (κ1) is 16.7. The molecule has 0 aliphatic carbocycles. The van der Waals surface area contributed by atoms with E-state index in [0.29, 0.717) is 16.4 Å². The Kier molecular flexibility index (Phi) is 4.69. The molecule has 1 amide bonds. The molecular weight excluding hydrogens is 392 g/mol. The Morgan fingerprint density at radius 3 is 2.42 bits per heavy atom. The van der Waals surface area contributed by atoms with Crippen LogP contribution in [0.15, 0.2) is 47.1 Å². The van der Waals surface area contributed by atoms with Gasteiger partial charge in [0.1, 0.15) is 5.82 Å². The van der Waals surface area contributed by atoms with Crippen LogP contribution in [0.1, 0.15) is 21.7 Å². The molecule has 7 heteroatoms. The van der Waals surface area contributed by atoms with Gasteiger partial charge in [0.2, 0.25) is 0 Å². The molecule has 0 fully saturated rings.